The Hall–Kier alpha value is -0.250. The number of ether oxygens (including phenoxy) is 1. The number of carbonyl (C=O) groups is 1. The van der Waals surface area contributed by atoms with E-state index in [9.17, 15) is 4.79 Å². The Bertz CT molecular complexity index is 221. The van der Waals surface area contributed by atoms with Gasteiger partial charge in [0.05, 0.1) is 0 Å². The molecular weight excluding hydrogens is 258 g/mol. The van der Waals surface area contributed by atoms with Gasteiger partial charge < -0.3 is 10.1 Å². The number of hydrogen-bond donors (Lipinski definition) is 1. The lowest BCUT2D eigenvalue weighted by Gasteiger charge is -2.22. The van der Waals surface area contributed by atoms with Crippen molar-refractivity contribution in [2.75, 3.05) is 5.33 Å². The molecule has 0 aromatic rings. The van der Waals surface area contributed by atoms with Crippen LogP contribution in [0.4, 0.5) is 4.79 Å². The highest BCUT2D eigenvalue weighted by Gasteiger charge is 2.26. The molecule has 15 heavy (non-hydrogen) atoms. The largest absolute Gasteiger partial charge is 0.444 e. The normalized spacial score (nSPS) is 18.4. The molecule has 1 saturated carbocycles. The highest BCUT2D eigenvalue weighted by molar-refractivity contribution is 9.09. The first-order valence-corrected chi connectivity index (χ1v) is 6.58. The van der Waals surface area contributed by atoms with Crippen molar-refractivity contribution in [3.05, 3.63) is 0 Å². The fourth-order valence-electron chi connectivity index (χ4n) is 1.39. The van der Waals surface area contributed by atoms with Gasteiger partial charge in [-0.3, -0.25) is 0 Å². The lowest BCUT2D eigenvalue weighted by atomic mass is 10.1. The summed E-state index contributed by atoms with van der Waals surface area (Å²) >= 11 is 3.41. The van der Waals surface area contributed by atoms with Gasteiger partial charge in [-0.1, -0.05) is 28.8 Å². The molecule has 1 aliphatic carbocycles. The third-order valence-corrected chi connectivity index (χ3v) is 3.00. The molecule has 0 heterocycles. The van der Waals surface area contributed by atoms with Crippen LogP contribution in [-0.2, 0) is 4.74 Å². The predicted molar refractivity (Wildman–Crippen MR) is 64.3 cm³/mol. The van der Waals surface area contributed by atoms with Gasteiger partial charge in [-0.15, -0.1) is 0 Å². The summed E-state index contributed by atoms with van der Waals surface area (Å²) in [4.78, 5) is 11.5. The summed E-state index contributed by atoms with van der Waals surface area (Å²) in [6.45, 7) is 5.61. The summed E-state index contributed by atoms with van der Waals surface area (Å²) in [5, 5.41) is 3.68. The van der Waals surface area contributed by atoms with Crippen LogP contribution in [0.1, 0.15) is 40.0 Å². The minimum atomic E-state index is -0.416. The standard InChI is InChI=1S/C11H20BrNO2/c1-11(2,3)15-10(14)13-9(7-12)6-8-4-5-8/h8-9H,4-7H2,1-3H3,(H,13,14)/t9-/m0/s1. The van der Waals surface area contributed by atoms with Crippen molar-refractivity contribution < 1.29 is 9.53 Å². The Morgan fingerprint density at radius 1 is 1.53 bits per heavy atom. The maximum Gasteiger partial charge on any atom is 0.407 e. The minimum Gasteiger partial charge on any atom is -0.444 e. The third kappa shape index (κ3) is 6.03. The van der Waals surface area contributed by atoms with Gasteiger partial charge in [-0.25, -0.2) is 4.79 Å². The van der Waals surface area contributed by atoms with Gasteiger partial charge in [-0.05, 0) is 33.1 Å². The monoisotopic (exact) mass is 277 g/mol. The molecule has 0 radical (unpaired) electrons. The fraction of sp³-hybridized carbons (Fsp3) is 0.909. The molecule has 0 aromatic heterocycles. The summed E-state index contributed by atoms with van der Waals surface area (Å²) < 4.78 is 5.20. The van der Waals surface area contributed by atoms with Crippen LogP contribution in [0.5, 0.6) is 0 Å². The van der Waals surface area contributed by atoms with Gasteiger partial charge in [0.2, 0.25) is 0 Å². The van der Waals surface area contributed by atoms with Crippen molar-refractivity contribution in [1.82, 2.24) is 5.32 Å². The van der Waals surface area contributed by atoms with E-state index in [1.165, 1.54) is 12.8 Å². The SMILES string of the molecule is CC(C)(C)OC(=O)N[C@H](CBr)CC1CC1. The average molecular weight is 278 g/mol. The number of halogens is 1. The first-order valence-electron chi connectivity index (χ1n) is 5.46. The summed E-state index contributed by atoms with van der Waals surface area (Å²) in [5.41, 5.74) is -0.416. The van der Waals surface area contributed by atoms with Crippen LogP contribution in [0.2, 0.25) is 0 Å². The molecule has 0 unspecified atom stereocenters. The summed E-state index contributed by atoms with van der Waals surface area (Å²) in [5.74, 6) is 0.808. The Morgan fingerprint density at radius 2 is 2.13 bits per heavy atom. The van der Waals surface area contributed by atoms with Gasteiger partial charge >= 0.3 is 6.09 Å². The van der Waals surface area contributed by atoms with Crippen molar-refractivity contribution in [2.24, 2.45) is 5.92 Å². The molecule has 0 spiro atoms. The molecule has 0 bridgehead atoms. The second kappa shape index (κ2) is 5.19. The molecule has 1 atom stereocenters. The molecule has 1 amide bonds. The maximum absolute atomic E-state index is 11.5. The lowest BCUT2D eigenvalue weighted by molar-refractivity contribution is 0.0506. The van der Waals surface area contributed by atoms with E-state index in [1.807, 2.05) is 20.8 Å². The van der Waals surface area contributed by atoms with Crippen molar-refractivity contribution in [2.45, 2.75) is 51.7 Å². The molecule has 88 valence electrons. The number of alkyl carbamates (subject to hydrolysis) is 1. The van der Waals surface area contributed by atoms with Gasteiger partial charge in [0, 0.05) is 11.4 Å². The molecule has 3 nitrogen and oxygen atoms in total. The van der Waals surface area contributed by atoms with E-state index >= 15 is 0 Å². The third-order valence-electron chi connectivity index (χ3n) is 2.22. The molecule has 1 N–H and O–H groups in total. The summed E-state index contributed by atoms with van der Waals surface area (Å²) in [6, 6.07) is 0.201. The van der Waals surface area contributed by atoms with Crippen molar-refractivity contribution in [3.8, 4) is 0 Å². The Balaban J connectivity index is 2.27. The van der Waals surface area contributed by atoms with Crippen LogP contribution < -0.4 is 5.32 Å². The van der Waals surface area contributed by atoms with Crippen molar-refractivity contribution >= 4 is 22.0 Å². The Labute approximate surface area is 100 Å². The van der Waals surface area contributed by atoms with Crippen LogP contribution >= 0.6 is 15.9 Å². The molecule has 1 aliphatic rings. The van der Waals surface area contributed by atoms with Gasteiger partial charge in [-0.2, -0.15) is 0 Å². The molecule has 0 aliphatic heterocycles. The summed E-state index contributed by atoms with van der Waals surface area (Å²) in [7, 11) is 0. The molecule has 4 heteroatoms. The van der Waals surface area contributed by atoms with Gasteiger partial charge in [0.15, 0.2) is 0 Å². The number of rotatable bonds is 4. The van der Waals surface area contributed by atoms with Crippen LogP contribution in [0.25, 0.3) is 0 Å². The Morgan fingerprint density at radius 3 is 2.53 bits per heavy atom. The van der Waals surface area contributed by atoms with Crippen LogP contribution in [0.15, 0.2) is 0 Å². The van der Waals surface area contributed by atoms with Gasteiger partial charge in [0.25, 0.3) is 0 Å². The summed E-state index contributed by atoms with van der Waals surface area (Å²) in [6.07, 6.45) is 3.36. The Kier molecular flexibility index (Phi) is 4.44. The number of alkyl halides is 1. The molecule has 1 rings (SSSR count). The number of amides is 1. The van der Waals surface area contributed by atoms with Gasteiger partial charge in [0.1, 0.15) is 5.60 Å². The van der Waals surface area contributed by atoms with E-state index < -0.39 is 5.60 Å². The highest BCUT2D eigenvalue weighted by atomic mass is 79.9. The first-order chi connectivity index (χ1) is 6.90. The van der Waals surface area contributed by atoms with E-state index in [-0.39, 0.29) is 12.1 Å². The van der Waals surface area contributed by atoms with E-state index in [4.69, 9.17) is 4.74 Å². The lowest BCUT2D eigenvalue weighted by Crippen LogP contribution is -2.40. The topological polar surface area (TPSA) is 38.3 Å². The second-order valence-corrected chi connectivity index (χ2v) is 5.82. The zero-order chi connectivity index (χ0) is 11.5. The van der Waals surface area contributed by atoms with Crippen molar-refractivity contribution in [1.29, 1.82) is 0 Å². The average Bonchev–Trinajstić information content (AvgIpc) is 2.83. The van der Waals surface area contributed by atoms with E-state index in [2.05, 4.69) is 21.2 Å². The fourth-order valence-corrected chi connectivity index (χ4v) is 1.82. The maximum atomic E-state index is 11.5. The molecule has 0 saturated heterocycles. The first kappa shape index (κ1) is 12.8. The molecule has 0 aromatic carbocycles. The smallest absolute Gasteiger partial charge is 0.407 e. The van der Waals surface area contributed by atoms with Crippen LogP contribution in [0, 0.1) is 5.92 Å². The second-order valence-electron chi connectivity index (χ2n) is 5.18. The number of hydrogen-bond acceptors (Lipinski definition) is 2. The van der Waals surface area contributed by atoms with E-state index in [0.717, 1.165) is 17.7 Å². The number of nitrogens with one attached hydrogen (secondary N) is 1. The van der Waals surface area contributed by atoms with E-state index in [1.54, 1.807) is 0 Å². The molecular formula is C11H20BrNO2. The van der Waals surface area contributed by atoms with E-state index in [0.29, 0.717) is 0 Å². The zero-order valence-electron chi connectivity index (χ0n) is 9.68. The number of carbonyl (C=O) groups excluding carboxylic acids is 1. The quantitative estimate of drug-likeness (QED) is 0.802. The predicted octanol–water partition coefficient (Wildman–Crippen LogP) is 3.07. The van der Waals surface area contributed by atoms with Crippen molar-refractivity contribution in [3.63, 3.8) is 0 Å². The van der Waals surface area contributed by atoms with Crippen LogP contribution in [0.3, 0.4) is 0 Å². The minimum absolute atomic E-state index is 0.201. The zero-order valence-corrected chi connectivity index (χ0v) is 11.3. The van der Waals surface area contributed by atoms with Crippen LogP contribution in [-0.4, -0.2) is 23.1 Å². The highest BCUT2D eigenvalue weighted by Crippen LogP contribution is 2.33. The molecule has 1 fully saturated rings.